The molecule has 4 heteroatoms. The highest BCUT2D eigenvalue weighted by Gasteiger charge is 2.18. The molecule has 0 spiro atoms. The maximum absolute atomic E-state index is 6.20. The van der Waals surface area contributed by atoms with Crippen LogP contribution in [0.25, 0.3) is 0 Å². The van der Waals surface area contributed by atoms with Crippen LogP contribution in [0.15, 0.2) is 18.3 Å². The monoisotopic (exact) mass is 253 g/mol. The van der Waals surface area contributed by atoms with Gasteiger partial charge >= 0.3 is 0 Å². The molecule has 1 aliphatic heterocycles. The second kappa shape index (κ2) is 6.22. The molecule has 0 bridgehead atoms. The van der Waals surface area contributed by atoms with E-state index in [1.54, 1.807) is 0 Å². The van der Waals surface area contributed by atoms with Crippen molar-refractivity contribution in [3.63, 3.8) is 0 Å². The summed E-state index contributed by atoms with van der Waals surface area (Å²) in [5.41, 5.74) is 0. The molecular formula is C13H20ClN3. The summed E-state index contributed by atoms with van der Waals surface area (Å²) in [6, 6.07) is 3.79. The molecule has 1 atom stereocenters. The van der Waals surface area contributed by atoms with E-state index in [0.29, 0.717) is 5.92 Å². The van der Waals surface area contributed by atoms with Crippen LogP contribution in [0, 0.1) is 5.92 Å². The summed E-state index contributed by atoms with van der Waals surface area (Å²) in [7, 11) is 0. The lowest BCUT2D eigenvalue weighted by atomic mass is 9.99. The number of nitrogens with one attached hydrogen (secondary N) is 1. The van der Waals surface area contributed by atoms with Crippen molar-refractivity contribution in [1.82, 2.24) is 10.3 Å². The van der Waals surface area contributed by atoms with Crippen molar-refractivity contribution < 1.29 is 0 Å². The first kappa shape index (κ1) is 12.7. The van der Waals surface area contributed by atoms with Gasteiger partial charge in [0.25, 0.3) is 0 Å². The molecule has 94 valence electrons. The van der Waals surface area contributed by atoms with Crippen molar-refractivity contribution in [2.75, 3.05) is 31.1 Å². The predicted molar refractivity (Wildman–Crippen MR) is 72.7 cm³/mol. The number of halogens is 1. The number of anilines is 1. The molecule has 1 aromatic rings. The summed E-state index contributed by atoms with van der Waals surface area (Å²) in [5, 5.41) is 4.20. The summed E-state index contributed by atoms with van der Waals surface area (Å²) in [4.78, 5) is 6.67. The standard InChI is InChI=1S/C13H20ClN3/c1-2-17(10-11-5-3-7-15-9-11)13-12(14)6-4-8-16-13/h4,6,8,11,15H,2-3,5,7,9-10H2,1H3. The predicted octanol–water partition coefficient (Wildman–Crippen LogP) is 2.56. The van der Waals surface area contributed by atoms with Gasteiger partial charge in [-0.15, -0.1) is 0 Å². The Hall–Kier alpha value is -0.800. The second-order valence-corrected chi connectivity index (χ2v) is 4.97. The Morgan fingerprint density at radius 1 is 1.59 bits per heavy atom. The van der Waals surface area contributed by atoms with Crippen LogP contribution in [0.3, 0.4) is 0 Å². The molecule has 0 amide bonds. The normalized spacial score (nSPS) is 20.2. The highest BCUT2D eigenvalue weighted by molar-refractivity contribution is 6.32. The Kier molecular flexibility index (Phi) is 4.63. The summed E-state index contributed by atoms with van der Waals surface area (Å²) < 4.78 is 0. The van der Waals surface area contributed by atoms with Crippen molar-refractivity contribution in [2.24, 2.45) is 5.92 Å². The average molecular weight is 254 g/mol. The van der Waals surface area contributed by atoms with E-state index in [1.165, 1.54) is 12.8 Å². The fourth-order valence-corrected chi connectivity index (χ4v) is 2.61. The molecule has 0 saturated carbocycles. The molecule has 2 rings (SSSR count). The summed E-state index contributed by atoms with van der Waals surface area (Å²) in [6.07, 6.45) is 4.38. The first-order valence-corrected chi connectivity index (χ1v) is 6.75. The highest BCUT2D eigenvalue weighted by Crippen LogP contribution is 2.24. The topological polar surface area (TPSA) is 28.2 Å². The first-order valence-electron chi connectivity index (χ1n) is 6.37. The van der Waals surface area contributed by atoms with Crippen molar-refractivity contribution in [3.05, 3.63) is 23.4 Å². The fraction of sp³-hybridized carbons (Fsp3) is 0.615. The Morgan fingerprint density at radius 2 is 2.47 bits per heavy atom. The van der Waals surface area contributed by atoms with Crippen LogP contribution in [0.2, 0.25) is 5.02 Å². The average Bonchev–Trinajstić information content (AvgIpc) is 2.38. The highest BCUT2D eigenvalue weighted by atomic mass is 35.5. The minimum absolute atomic E-state index is 0.710. The molecule has 17 heavy (non-hydrogen) atoms. The van der Waals surface area contributed by atoms with Crippen molar-refractivity contribution in [1.29, 1.82) is 0 Å². The van der Waals surface area contributed by atoms with Crippen LogP contribution in [0.4, 0.5) is 5.82 Å². The van der Waals surface area contributed by atoms with Gasteiger partial charge in [0.05, 0.1) is 5.02 Å². The van der Waals surface area contributed by atoms with Crippen LogP contribution in [0.1, 0.15) is 19.8 Å². The van der Waals surface area contributed by atoms with E-state index in [-0.39, 0.29) is 0 Å². The second-order valence-electron chi connectivity index (χ2n) is 4.56. The third-order valence-electron chi connectivity index (χ3n) is 3.30. The summed E-state index contributed by atoms with van der Waals surface area (Å²) >= 11 is 6.20. The van der Waals surface area contributed by atoms with Crippen molar-refractivity contribution in [3.8, 4) is 0 Å². The molecule has 1 aromatic heterocycles. The van der Waals surface area contributed by atoms with Gasteiger partial charge in [0.1, 0.15) is 5.82 Å². The Morgan fingerprint density at radius 3 is 3.12 bits per heavy atom. The van der Waals surface area contributed by atoms with E-state index in [4.69, 9.17) is 11.6 Å². The molecule has 0 radical (unpaired) electrons. The third-order valence-corrected chi connectivity index (χ3v) is 3.59. The molecule has 1 unspecified atom stereocenters. The van der Waals surface area contributed by atoms with Gasteiger partial charge in [-0.1, -0.05) is 11.6 Å². The molecule has 1 N–H and O–H groups in total. The van der Waals surface area contributed by atoms with Crippen LogP contribution >= 0.6 is 11.6 Å². The van der Waals surface area contributed by atoms with E-state index in [0.717, 1.165) is 37.0 Å². The van der Waals surface area contributed by atoms with Gasteiger partial charge < -0.3 is 10.2 Å². The van der Waals surface area contributed by atoms with Crippen molar-refractivity contribution >= 4 is 17.4 Å². The quantitative estimate of drug-likeness (QED) is 0.894. The van der Waals surface area contributed by atoms with Crippen LogP contribution < -0.4 is 10.2 Å². The lowest BCUT2D eigenvalue weighted by Gasteiger charge is -2.30. The van der Waals surface area contributed by atoms with E-state index >= 15 is 0 Å². The van der Waals surface area contributed by atoms with Gasteiger partial charge in [0, 0.05) is 19.3 Å². The molecule has 1 fully saturated rings. The lowest BCUT2D eigenvalue weighted by Crippen LogP contribution is -2.38. The lowest BCUT2D eigenvalue weighted by molar-refractivity contribution is 0.377. The number of pyridine rings is 1. The number of hydrogen-bond acceptors (Lipinski definition) is 3. The molecule has 0 aromatic carbocycles. The minimum atomic E-state index is 0.710. The van der Waals surface area contributed by atoms with Gasteiger partial charge in [-0.25, -0.2) is 4.98 Å². The zero-order valence-corrected chi connectivity index (χ0v) is 11.1. The Bertz CT molecular complexity index is 350. The number of piperidine rings is 1. The Labute approximate surface area is 108 Å². The first-order chi connectivity index (χ1) is 8.31. The maximum atomic E-state index is 6.20. The molecule has 2 heterocycles. The summed E-state index contributed by atoms with van der Waals surface area (Å²) in [6.45, 7) is 6.42. The van der Waals surface area contributed by atoms with Crippen LogP contribution in [-0.2, 0) is 0 Å². The zero-order valence-electron chi connectivity index (χ0n) is 10.3. The fourth-order valence-electron chi connectivity index (χ4n) is 2.37. The SMILES string of the molecule is CCN(CC1CCCNC1)c1ncccc1Cl. The molecular weight excluding hydrogens is 234 g/mol. The van der Waals surface area contributed by atoms with Crippen LogP contribution in [0.5, 0.6) is 0 Å². The maximum Gasteiger partial charge on any atom is 0.147 e. The molecule has 1 aliphatic rings. The van der Waals surface area contributed by atoms with E-state index in [2.05, 4.69) is 22.1 Å². The minimum Gasteiger partial charge on any atom is -0.355 e. The van der Waals surface area contributed by atoms with Gasteiger partial charge in [-0.2, -0.15) is 0 Å². The molecule has 1 saturated heterocycles. The third kappa shape index (κ3) is 3.33. The zero-order chi connectivity index (χ0) is 12.1. The smallest absolute Gasteiger partial charge is 0.147 e. The van der Waals surface area contributed by atoms with E-state index in [9.17, 15) is 0 Å². The number of nitrogens with zero attached hydrogens (tertiary/aromatic N) is 2. The van der Waals surface area contributed by atoms with E-state index in [1.807, 2.05) is 18.3 Å². The number of aromatic nitrogens is 1. The van der Waals surface area contributed by atoms with Gasteiger partial charge in [-0.05, 0) is 50.9 Å². The van der Waals surface area contributed by atoms with Gasteiger partial charge in [-0.3, -0.25) is 0 Å². The number of rotatable bonds is 4. The van der Waals surface area contributed by atoms with Gasteiger partial charge in [0.2, 0.25) is 0 Å². The van der Waals surface area contributed by atoms with Crippen LogP contribution in [-0.4, -0.2) is 31.2 Å². The van der Waals surface area contributed by atoms with Crippen molar-refractivity contribution in [2.45, 2.75) is 19.8 Å². The number of hydrogen-bond donors (Lipinski definition) is 1. The largest absolute Gasteiger partial charge is 0.355 e. The Balaban J connectivity index is 2.03. The van der Waals surface area contributed by atoms with Gasteiger partial charge in [0.15, 0.2) is 0 Å². The molecule has 3 nitrogen and oxygen atoms in total. The molecule has 0 aliphatic carbocycles. The van der Waals surface area contributed by atoms with E-state index < -0.39 is 0 Å². The summed E-state index contributed by atoms with van der Waals surface area (Å²) in [5.74, 6) is 1.63.